The van der Waals surface area contributed by atoms with Gasteiger partial charge in [0.05, 0.1) is 5.69 Å². The Hall–Kier alpha value is -2.38. The van der Waals surface area contributed by atoms with Crippen molar-refractivity contribution in [1.82, 2.24) is 4.31 Å². The molecule has 0 spiro atoms. The van der Waals surface area contributed by atoms with Crippen molar-refractivity contribution in [2.24, 2.45) is 0 Å². The Morgan fingerprint density at radius 3 is 2.28 bits per heavy atom. The highest BCUT2D eigenvalue weighted by atomic mass is 32.2. The second-order valence-corrected chi connectivity index (χ2v) is 9.50. The molecule has 0 bridgehead atoms. The molecule has 29 heavy (non-hydrogen) atoms. The van der Waals surface area contributed by atoms with Crippen LogP contribution in [0.25, 0.3) is 0 Å². The molecule has 0 aliphatic carbocycles. The minimum absolute atomic E-state index is 0.303. The molecule has 0 aliphatic rings. The molecule has 7 heteroatoms. The number of unbranched alkanes of at least 4 members (excludes halogenated alkanes) is 1. The Balaban J connectivity index is 2.22. The number of rotatable bonds is 9. The van der Waals surface area contributed by atoms with Gasteiger partial charge in [0, 0.05) is 19.8 Å². The second kappa shape index (κ2) is 9.89. The molecule has 0 aliphatic heterocycles. The number of hydrogen-bond acceptors (Lipinski definition) is 3. The summed E-state index contributed by atoms with van der Waals surface area (Å²) in [4.78, 5) is 12.7. The number of hydrogen-bond donors (Lipinski definition) is 1. The third-order valence-electron chi connectivity index (χ3n) is 4.72. The number of aryl methyl sites for hydroxylation is 3. The van der Waals surface area contributed by atoms with Crippen LogP contribution in [0.3, 0.4) is 0 Å². The maximum atomic E-state index is 12.9. The Morgan fingerprint density at radius 2 is 1.69 bits per heavy atom. The largest absolute Gasteiger partial charge is 0.325 e. The summed E-state index contributed by atoms with van der Waals surface area (Å²) in [5, 5.41) is 2.81. The summed E-state index contributed by atoms with van der Waals surface area (Å²) in [6.07, 6.45) is 3.26. The highest BCUT2D eigenvalue weighted by Crippen LogP contribution is 2.25. The highest BCUT2D eigenvalue weighted by molar-refractivity contribution is 7.90. The first-order valence-electron chi connectivity index (χ1n) is 9.81. The van der Waals surface area contributed by atoms with Gasteiger partial charge in [-0.25, -0.2) is 4.31 Å². The van der Waals surface area contributed by atoms with Crippen LogP contribution in [0, 0.1) is 13.8 Å². The Bertz CT molecular complexity index is 938. The van der Waals surface area contributed by atoms with Crippen molar-refractivity contribution >= 4 is 27.5 Å². The number of carbonyl (C=O) groups excluding carboxylic acids is 1. The van der Waals surface area contributed by atoms with E-state index < -0.39 is 16.1 Å². The maximum Gasteiger partial charge on any atom is 0.304 e. The SMILES string of the molecule is CCCCc1ccc(NC(=O)CN(c2cc(C)ccc2C)S(=O)(=O)N(C)C)cc1. The lowest BCUT2D eigenvalue weighted by Crippen LogP contribution is -2.44. The molecule has 0 saturated heterocycles. The monoisotopic (exact) mass is 417 g/mol. The fraction of sp³-hybridized carbons (Fsp3) is 0.409. The number of benzene rings is 2. The lowest BCUT2D eigenvalue weighted by atomic mass is 10.1. The fourth-order valence-electron chi connectivity index (χ4n) is 2.94. The summed E-state index contributed by atoms with van der Waals surface area (Å²) in [5.74, 6) is -0.391. The van der Waals surface area contributed by atoms with E-state index in [0.29, 0.717) is 11.4 Å². The van der Waals surface area contributed by atoms with Gasteiger partial charge in [-0.05, 0) is 61.6 Å². The molecular formula is C22H31N3O3S. The first kappa shape index (κ1) is 22.9. The van der Waals surface area contributed by atoms with E-state index in [9.17, 15) is 13.2 Å². The molecule has 158 valence electrons. The lowest BCUT2D eigenvalue weighted by Gasteiger charge is -2.28. The predicted molar refractivity (Wildman–Crippen MR) is 120 cm³/mol. The maximum absolute atomic E-state index is 12.9. The zero-order chi connectivity index (χ0) is 21.6. The molecule has 0 fully saturated rings. The smallest absolute Gasteiger partial charge is 0.304 e. The van der Waals surface area contributed by atoms with Crippen LogP contribution in [-0.4, -0.2) is 39.3 Å². The van der Waals surface area contributed by atoms with Gasteiger partial charge in [0.15, 0.2) is 0 Å². The van der Waals surface area contributed by atoms with Gasteiger partial charge in [-0.15, -0.1) is 0 Å². The van der Waals surface area contributed by atoms with Gasteiger partial charge in [0.1, 0.15) is 6.54 Å². The van der Waals surface area contributed by atoms with E-state index in [1.54, 1.807) is 6.07 Å². The first-order chi connectivity index (χ1) is 13.6. The molecule has 2 rings (SSSR count). The summed E-state index contributed by atoms with van der Waals surface area (Å²) in [6, 6.07) is 13.2. The molecule has 0 heterocycles. The van der Waals surface area contributed by atoms with E-state index in [-0.39, 0.29) is 6.54 Å². The van der Waals surface area contributed by atoms with Crippen molar-refractivity contribution < 1.29 is 13.2 Å². The van der Waals surface area contributed by atoms with Crippen LogP contribution in [0.5, 0.6) is 0 Å². The highest BCUT2D eigenvalue weighted by Gasteiger charge is 2.28. The first-order valence-corrected chi connectivity index (χ1v) is 11.2. The number of carbonyl (C=O) groups is 1. The van der Waals surface area contributed by atoms with Gasteiger partial charge in [-0.1, -0.05) is 37.6 Å². The van der Waals surface area contributed by atoms with Crippen molar-refractivity contribution in [3.63, 3.8) is 0 Å². The summed E-state index contributed by atoms with van der Waals surface area (Å²) in [5.41, 5.74) is 4.08. The molecule has 0 saturated carbocycles. The Labute approximate surface area is 174 Å². The van der Waals surface area contributed by atoms with E-state index in [1.165, 1.54) is 19.7 Å². The average molecular weight is 418 g/mol. The van der Waals surface area contributed by atoms with E-state index in [4.69, 9.17) is 0 Å². The van der Waals surface area contributed by atoms with Crippen LogP contribution >= 0.6 is 0 Å². The number of anilines is 2. The van der Waals surface area contributed by atoms with E-state index >= 15 is 0 Å². The minimum atomic E-state index is -3.83. The summed E-state index contributed by atoms with van der Waals surface area (Å²) in [6.45, 7) is 5.57. The van der Waals surface area contributed by atoms with Crippen molar-refractivity contribution in [2.45, 2.75) is 40.0 Å². The van der Waals surface area contributed by atoms with Gasteiger partial charge in [-0.2, -0.15) is 12.7 Å². The third kappa shape index (κ3) is 6.05. The average Bonchev–Trinajstić information content (AvgIpc) is 2.67. The molecule has 1 amide bonds. The van der Waals surface area contributed by atoms with Crippen LogP contribution < -0.4 is 9.62 Å². The van der Waals surface area contributed by atoms with Gasteiger partial charge >= 0.3 is 10.2 Å². The van der Waals surface area contributed by atoms with Crippen molar-refractivity contribution in [3.05, 3.63) is 59.2 Å². The fourth-order valence-corrected chi connectivity index (χ4v) is 4.06. The molecule has 1 N–H and O–H groups in total. The molecule has 0 radical (unpaired) electrons. The third-order valence-corrected chi connectivity index (χ3v) is 6.52. The number of nitrogens with one attached hydrogen (secondary N) is 1. The topological polar surface area (TPSA) is 69.7 Å². The number of nitrogens with zero attached hydrogens (tertiary/aromatic N) is 2. The number of amides is 1. The molecule has 2 aromatic rings. The summed E-state index contributed by atoms with van der Waals surface area (Å²) >= 11 is 0. The van der Waals surface area contributed by atoms with Crippen LogP contribution in [0.1, 0.15) is 36.5 Å². The molecule has 0 unspecified atom stereocenters. The standard InChI is InChI=1S/C22H31N3O3S/c1-6-7-8-19-11-13-20(14-12-19)23-22(26)16-25(29(27,28)24(4)5)21-15-17(2)9-10-18(21)3/h9-15H,6-8,16H2,1-5H3,(H,23,26). The molecular weight excluding hydrogens is 386 g/mol. The molecule has 0 aromatic heterocycles. The van der Waals surface area contributed by atoms with Crippen molar-refractivity contribution in [3.8, 4) is 0 Å². The molecule has 6 nitrogen and oxygen atoms in total. The van der Waals surface area contributed by atoms with E-state index in [2.05, 4.69) is 12.2 Å². The second-order valence-electron chi connectivity index (χ2n) is 7.44. The Kier molecular flexibility index (Phi) is 7.81. The van der Waals surface area contributed by atoms with Crippen molar-refractivity contribution in [1.29, 1.82) is 0 Å². The van der Waals surface area contributed by atoms with Gasteiger partial charge < -0.3 is 5.32 Å². The van der Waals surface area contributed by atoms with E-state index in [0.717, 1.165) is 39.0 Å². The normalized spacial score (nSPS) is 11.5. The van der Waals surface area contributed by atoms with Crippen LogP contribution in [-0.2, 0) is 21.4 Å². The minimum Gasteiger partial charge on any atom is -0.325 e. The van der Waals surface area contributed by atoms with Gasteiger partial charge in [0.25, 0.3) is 0 Å². The summed E-state index contributed by atoms with van der Waals surface area (Å²) in [7, 11) is -0.912. The zero-order valence-electron chi connectivity index (χ0n) is 17.9. The zero-order valence-corrected chi connectivity index (χ0v) is 18.7. The summed E-state index contributed by atoms with van der Waals surface area (Å²) < 4.78 is 28.1. The molecule has 2 aromatic carbocycles. The predicted octanol–water partition coefficient (Wildman–Crippen LogP) is 3.90. The lowest BCUT2D eigenvalue weighted by molar-refractivity contribution is -0.114. The quantitative estimate of drug-likeness (QED) is 0.673. The van der Waals surface area contributed by atoms with Crippen LogP contribution in [0.2, 0.25) is 0 Å². The molecule has 0 atom stereocenters. The Morgan fingerprint density at radius 1 is 1.03 bits per heavy atom. The van der Waals surface area contributed by atoms with Gasteiger partial charge in [-0.3, -0.25) is 4.79 Å². The van der Waals surface area contributed by atoms with Crippen LogP contribution in [0.15, 0.2) is 42.5 Å². The van der Waals surface area contributed by atoms with Crippen molar-refractivity contribution in [2.75, 3.05) is 30.3 Å². The van der Waals surface area contributed by atoms with Gasteiger partial charge in [0.2, 0.25) is 5.91 Å². The van der Waals surface area contributed by atoms with E-state index in [1.807, 2.05) is 50.2 Å². The van der Waals surface area contributed by atoms with Crippen LogP contribution in [0.4, 0.5) is 11.4 Å².